The van der Waals surface area contributed by atoms with Crippen molar-refractivity contribution in [2.45, 2.75) is 45.6 Å². The minimum Gasteiger partial charge on any atom is -0.481 e. The molecular formula is C15H27N3O3. The van der Waals surface area contributed by atoms with Crippen LogP contribution in [0, 0.1) is 5.41 Å². The molecule has 2 saturated heterocycles. The largest absolute Gasteiger partial charge is 0.481 e. The summed E-state index contributed by atoms with van der Waals surface area (Å²) in [5.41, 5.74) is -0.751. The summed E-state index contributed by atoms with van der Waals surface area (Å²) in [5, 5.41) is 12.5. The maximum absolute atomic E-state index is 12.3. The molecule has 0 aromatic heterocycles. The normalized spacial score (nSPS) is 30.4. The number of rotatable bonds is 4. The van der Waals surface area contributed by atoms with Gasteiger partial charge in [0.25, 0.3) is 0 Å². The Morgan fingerprint density at radius 2 is 2.10 bits per heavy atom. The second-order valence-corrected chi connectivity index (χ2v) is 6.29. The highest BCUT2D eigenvalue weighted by Crippen LogP contribution is 2.34. The molecule has 2 heterocycles. The average molecular weight is 297 g/mol. The number of carbonyl (C=O) groups excluding carboxylic acids is 1. The molecule has 6 nitrogen and oxygen atoms in total. The minimum absolute atomic E-state index is 0.102. The van der Waals surface area contributed by atoms with E-state index in [9.17, 15) is 14.7 Å². The van der Waals surface area contributed by atoms with Gasteiger partial charge in [-0.3, -0.25) is 4.79 Å². The summed E-state index contributed by atoms with van der Waals surface area (Å²) in [7, 11) is 0. The summed E-state index contributed by atoms with van der Waals surface area (Å²) in [6, 6.07) is 0.0854. The molecule has 120 valence electrons. The van der Waals surface area contributed by atoms with Crippen LogP contribution in [-0.2, 0) is 4.79 Å². The van der Waals surface area contributed by atoms with Crippen molar-refractivity contribution in [2.75, 3.05) is 32.7 Å². The number of urea groups is 1. The Balaban J connectivity index is 1.88. The minimum atomic E-state index is -0.782. The smallest absolute Gasteiger partial charge is 0.317 e. The summed E-state index contributed by atoms with van der Waals surface area (Å²) in [4.78, 5) is 27.8. The van der Waals surface area contributed by atoms with Crippen LogP contribution in [0.5, 0.6) is 0 Å². The van der Waals surface area contributed by atoms with Crippen molar-refractivity contribution in [2.24, 2.45) is 5.41 Å². The van der Waals surface area contributed by atoms with Crippen molar-refractivity contribution in [3.05, 3.63) is 0 Å². The Morgan fingerprint density at radius 3 is 2.67 bits per heavy atom. The van der Waals surface area contributed by atoms with Crippen molar-refractivity contribution in [1.29, 1.82) is 0 Å². The van der Waals surface area contributed by atoms with Gasteiger partial charge in [-0.2, -0.15) is 0 Å². The monoisotopic (exact) mass is 297 g/mol. The van der Waals surface area contributed by atoms with Crippen molar-refractivity contribution in [3.63, 3.8) is 0 Å². The van der Waals surface area contributed by atoms with Crippen molar-refractivity contribution >= 4 is 12.0 Å². The number of carboxylic acid groups (broad SMARTS) is 1. The van der Waals surface area contributed by atoms with Gasteiger partial charge < -0.3 is 20.2 Å². The van der Waals surface area contributed by atoms with Gasteiger partial charge in [-0.25, -0.2) is 4.79 Å². The van der Waals surface area contributed by atoms with Gasteiger partial charge in [-0.05, 0) is 38.8 Å². The molecule has 21 heavy (non-hydrogen) atoms. The molecule has 2 N–H and O–H groups in total. The first-order valence-electron chi connectivity index (χ1n) is 8.02. The number of carboxylic acids is 1. The molecule has 2 atom stereocenters. The fourth-order valence-electron chi connectivity index (χ4n) is 3.39. The van der Waals surface area contributed by atoms with E-state index < -0.39 is 11.4 Å². The van der Waals surface area contributed by atoms with Crippen molar-refractivity contribution in [1.82, 2.24) is 15.1 Å². The fraction of sp³-hybridized carbons (Fsp3) is 0.867. The van der Waals surface area contributed by atoms with Gasteiger partial charge in [0.1, 0.15) is 0 Å². The number of nitrogens with zero attached hydrogens (tertiary/aromatic N) is 2. The van der Waals surface area contributed by atoms with Crippen molar-refractivity contribution in [3.8, 4) is 0 Å². The van der Waals surface area contributed by atoms with E-state index in [1.165, 1.54) is 0 Å². The maximum atomic E-state index is 12.3. The topological polar surface area (TPSA) is 72.9 Å². The Hall–Kier alpha value is -1.30. The molecule has 2 amide bonds. The summed E-state index contributed by atoms with van der Waals surface area (Å²) >= 11 is 0. The van der Waals surface area contributed by atoms with E-state index in [0.717, 1.165) is 32.5 Å². The Bertz CT molecular complexity index is 402. The lowest BCUT2D eigenvalue weighted by molar-refractivity contribution is -0.148. The molecule has 2 aliphatic rings. The predicted octanol–water partition coefficient (Wildman–Crippen LogP) is 1.37. The van der Waals surface area contributed by atoms with Crippen LogP contribution in [0.1, 0.15) is 39.5 Å². The van der Waals surface area contributed by atoms with Gasteiger partial charge in [-0.1, -0.05) is 13.8 Å². The Morgan fingerprint density at radius 1 is 1.33 bits per heavy atom. The number of piperidine rings is 1. The molecule has 2 unspecified atom stereocenters. The summed E-state index contributed by atoms with van der Waals surface area (Å²) < 4.78 is 0. The molecule has 2 aliphatic heterocycles. The maximum Gasteiger partial charge on any atom is 0.317 e. The first-order chi connectivity index (χ1) is 10.0. The van der Waals surface area contributed by atoms with Gasteiger partial charge in [-0.15, -0.1) is 0 Å². The second kappa shape index (κ2) is 6.64. The standard InChI is InChI=1S/C15H27N3O3/c1-3-15(13(19)20)7-9-18(11-15)14(21)16-12-6-5-8-17(4-2)10-12/h12H,3-11H2,1-2H3,(H,16,21)(H,19,20). The second-order valence-electron chi connectivity index (χ2n) is 6.29. The van der Waals surface area contributed by atoms with Crippen LogP contribution in [0.25, 0.3) is 0 Å². The number of hydrogen-bond donors (Lipinski definition) is 2. The third-order valence-electron chi connectivity index (χ3n) is 5.05. The quantitative estimate of drug-likeness (QED) is 0.822. The lowest BCUT2D eigenvalue weighted by atomic mass is 9.84. The van der Waals surface area contributed by atoms with Crippen LogP contribution in [0.4, 0.5) is 4.79 Å². The summed E-state index contributed by atoms with van der Waals surface area (Å²) in [5.74, 6) is -0.782. The molecule has 6 heteroatoms. The Labute approximate surface area is 126 Å². The van der Waals surface area contributed by atoms with Crippen LogP contribution in [0.3, 0.4) is 0 Å². The molecule has 2 fully saturated rings. The van der Waals surface area contributed by atoms with E-state index in [4.69, 9.17) is 0 Å². The number of hydrogen-bond acceptors (Lipinski definition) is 3. The molecular weight excluding hydrogens is 270 g/mol. The Kier molecular flexibility index (Phi) is 5.08. The number of likely N-dealkylation sites (tertiary alicyclic amines) is 2. The molecule has 0 saturated carbocycles. The van der Waals surface area contributed by atoms with Gasteiger partial charge in [0.15, 0.2) is 0 Å². The lowest BCUT2D eigenvalue weighted by Gasteiger charge is -2.33. The zero-order valence-corrected chi connectivity index (χ0v) is 13.1. The van der Waals surface area contributed by atoms with Crippen LogP contribution < -0.4 is 5.32 Å². The van der Waals surface area contributed by atoms with E-state index in [1.54, 1.807) is 4.90 Å². The number of nitrogens with one attached hydrogen (secondary N) is 1. The van der Waals surface area contributed by atoms with Crippen LogP contribution >= 0.6 is 0 Å². The molecule has 0 aromatic carbocycles. The first kappa shape index (κ1) is 16.1. The van der Waals surface area contributed by atoms with Crippen LogP contribution in [-0.4, -0.2) is 65.7 Å². The van der Waals surface area contributed by atoms with Crippen LogP contribution in [0.2, 0.25) is 0 Å². The number of amides is 2. The molecule has 2 rings (SSSR count). The lowest BCUT2D eigenvalue weighted by Crippen LogP contribution is -2.51. The van der Waals surface area contributed by atoms with E-state index >= 15 is 0 Å². The van der Waals surface area contributed by atoms with Gasteiger partial charge in [0, 0.05) is 25.7 Å². The van der Waals surface area contributed by atoms with E-state index in [2.05, 4.69) is 17.1 Å². The predicted molar refractivity (Wildman–Crippen MR) is 80.2 cm³/mol. The number of carbonyl (C=O) groups is 2. The van der Waals surface area contributed by atoms with Gasteiger partial charge >= 0.3 is 12.0 Å². The van der Waals surface area contributed by atoms with E-state index in [1.807, 2.05) is 6.92 Å². The SMILES string of the molecule is CCN1CCCC(NC(=O)N2CCC(CC)(C(=O)O)C2)C1. The third kappa shape index (κ3) is 3.48. The van der Waals surface area contributed by atoms with Gasteiger partial charge in [0.2, 0.25) is 0 Å². The van der Waals surface area contributed by atoms with E-state index in [-0.39, 0.29) is 12.1 Å². The third-order valence-corrected chi connectivity index (χ3v) is 5.05. The van der Waals surface area contributed by atoms with E-state index in [0.29, 0.717) is 25.9 Å². The molecule has 0 aliphatic carbocycles. The first-order valence-corrected chi connectivity index (χ1v) is 8.02. The zero-order valence-electron chi connectivity index (χ0n) is 13.1. The highest BCUT2D eigenvalue weighted by molar-refractivity contribution is 5.79. The van der Waals surface area contributed by atoms with Gasteiger partial charge in [0.05, 0.1) is 5.41 Å². The molecule has 0 aromatic rings. The molecule has 0 spiro atoms. The van der Waals surface area contributed by atoms with Crippen LogP contribution in [0.15, 0.2) is 0 Å². The number of aliphatic carboxylic acids is 1. The number of likely N-dealkylation sites (N-methyl/N-ethyl adjacent to an activating group) is 1. The molecule has 0 bridgehead atoms. The summed E-state index contributed by atoms with van der Waals surface area (Å²) in [6.07, 6.45) is 3.23. The average Bonchev–Trinajstić information content (AvgIpc) is 2.93. The summed E-state index contributed by atoms with van der Waals surface area (Å²) in [6.45, 7) is 7.89. The zero-order chi connectivity index (χ0) is 15.5. The highest BCUT2D eigenvalue weighted by atomic mass is 16.4. The fourth-order valence-corrected chi connectivity index (χ4v) is 3.39. The molecule has 0 radical (unpaired) electrons. The highest BCUT2D eigenvalue weighted by Gasteiger charge is 2.45. The van der Waals surface area contributed by atoms with Crippen molar-refractivity contribution < 1.29 is 14.7 Å².